The predicted octanol–water partition coefficient (Wildman–Crippen LogP) is 1.20. The van der Waals surface area contributed by atoms with Crippen LogP contribution >= 0.6 is 0 Å². The van der Waals surface area contributed by atoms with Gasteiger partial charge in [0.15, 0.2) is 5.82 Å². The maximum Gasteiger partial charge on any atom is 0.252 e. The van der Waals surface area contributed by atoms with Crippen molar-refractivity contribution < 1.29 is 9.90 Å². The van der Waals surface area contributed by atoms with E-state index in [1.54, 1.807) is 4.52 Å². The highest BCUT2D eigenvalue weighted by molar-refractivity contribution is 5.77. The fraction of sp³-hybridized carbons (Fsp3) is 0.625. The van der Waals surface area contributed by atoms with Crippen LogP contribution in [0.25, 0.3) is 5.78 Å². The quantitative estimate of drug-likeness (QED) is 0.800. The van der Waals surface area contributed by atoms with Crippen molar-refractivity contribution in [2.75, 3.05) is 6.54 Å². The summed E-state index contributed by atoms with van der Waals surface area (Å²) >= 11 is 0. The number of aliphatic hydroxyl groups is 1. The lowest BCUT2D eigenvalue weighted by molar-refractivity contribution is -0.121. The average Bonchev–Trinajstić information content (AvgIpc) is 2.89. The van der Waals surface area contributed by atoms with Crippen molar-refractivity contribution in [1.82, 2.24) is 24.9 Å². The van der Waals surface area contributed by atoms with Crippen molar-refractivity contribution in [3.05, 3.63) is 23.3 Å². The minimum atomic E-state index is -0.519. The standard InChI is InChI=1S/C16H25N5O2/c1-5-12(6-2)13(22)9-17-15(23)8-14-19-16-18-10(3)7-11(4)21(16)20-14/h7,12-13,22H,5-6,8-9H2,1-4H3,(H,17,23). The molecule has 0 aliphatic rings. The highest BCUT2D eigenvalue weighted by atomic mass is 16.3. The second-order valence-electron chi connectivity index (χ2n) is 5.90. The van der Waals surface area contributed by atoms with Gasteiger partial charge in [-0.25, -0.2) is 9.50 Å². The molecule has 0 radical (unpaired) electrons. The van der Waals surface area contributed by atoms with Gasteiger partial charge in [0, 0.05) is 17.9 Å². The van der Waals surface area contributed by atoms with Gasteiger partial charge in [-0.15, -0.1) is 5.10 Å². The monoisotopic (exact) mass is 319 g/mol. The first-order chi connectivity index (χ1) is 10.9. The van der Waals surface area contributed by atoms with Crippen LogP contribution in [-0.4, -0.2) is 43.2 Å². The van der Waals surface area contributed by atoms with E-state index < -0.39 is 6.10 Å². The summed E-state index contributed by atoms with van der Waals surface area (Å²) in [5.74, 6) is 0.946. The predicted molar refractivity (Wildman–Crippen MR) is 87.0 cm³/mol. The van der Waals surface area contributed by atoms with E-state index in [1.807, 2.05) is 33.8 Å². The molecular weight excluding hydrogens is 294 g/mol. The number of nitrogens with zero attached hydrogens (tertiary/aromatic N) is 4. The van der Waals surface area contributed by atoms with E-state index in [9.17, 15) is 9.90 Å². The van der Waals surface area contributed by atoms with Crippen LogP contribution in [0.4, 0.5) is 0 Å². The first-order valence-electron chi connectivity index (χ1n) is 8.09. The Labute approximate surface area is 136 Å². The van der Waals surface area contributed by atoms with Gasteiger partial charge in [-0.1, -0.05) is 26.7 Å². The number of carbonyl (C=O) groups is 1. The molecule has 7 nitrogen and oxygen atoms in total. The van der Waals surface area contributed by atoms with Crippen LogP contribution in [0.15, 0.2) is 6.07 Å². The molecule has 126 valence electrons. The summed E-state index contributed by atoms with van der Waals surface area (Å²) in [6.45, 7) is 8.16. The molecule has 7 heteroatoms. The molecule has 0 spiro atoms. The molecule has 2 N–H and O–H groups in total. The van der Waals surface area contributed by atoms with Crippen molar-refractivity contribution in [1.29, 1.82) is 0 Å². The maximum absolute atomic E-state index is 12.0. The summed E-state index contributed by atoms with van der Waals surface area (Å²) in [6, 6.07) is 1.91. The Morgan fingerprint density at radius 3 is 2.65 bits per heavy atom. The summed E-state index contributed by atoms with van der Waals surface area (Å²) in [6.07, 6.45) is 1.35. The highest BCUT2D eigenvalue weighted by Gasteiger charge is 2.17. The van der Waals surface area contributed by atoms with E-state index >= 15 is 0 Å². The number of rotatable bonds is 7. The third kappa shape index (κ3) is 4.25. The molecule has 0 bridgehead atoms. The highest BCUT2D eigenvalue weighted by Crippen LogP contribution is 2.12. The third-order valence-electron chi connectivity index (χ3n) is 4.08. The smallest absolute Gasteiger partial charge is 0.252 e. The van der Waals surface area contributed by atoms with Crippen LogP contribution in [0.1, 0.15) is 43.9 Å². The number of fused-ring (bicyclic) bond motifs is 1. The van der Waals surface area contributed by atoms with E-state index in [0.717, 1.165) is 24.2 Å². The first kappa shape index (κ1) is 17.3. The van der Waals surface area contributed by atoms with Gasteiger partial charge in [0.2, 0.25) is 5.91 Å². The molecule has 2 aromatic heterocycles. The zero-order chi connectivity index (χ0) is 17.0. The van der Waals surface area contributed by atoms with Gasteiger partial charge in [0.25, 0.3) is 5.78 Å². The number of carbonyl (C=O) groups excluding carboxylic acids is 1. The van der Waals surface area contributed by atoms with Crippen LogP contribution in [-0.2, 0) is 11.2 Å². The topological polar surface area (TPSA) is 92.4 Å². The first-order valence-corrected chi connectivity index (χ1v) is 8.09. The summed E-state index contributed by atoms with van der Waals surface area (Å²) in [5, 5.41) is 17.1. The molecule has 1 unspecified atom stereocenters. The van der Waals surface area contributed by atoms with Gasteiger partial charge in [0.05, 0.1) is 12.5 Å². The minimum absolute atomic E-state index is 0.0808. The third-order valence-corrected chi connectivity index (χ3v) is 4.08. The van der Waals surface area contributed by atoms with Crippen molar-refractivity contribution >= 4 is 11.7 Å². The molecule has 2 heterocycles. The van der Waals surface area contributed by atoms with Crippen LogP contribution in [0.2, 0.25) is 0 Å². The van der Waals surface area contributed by atoms with E-state index in [1.165, 1.54) is 0 Å². The molecule has 0 aromatic carbocycles. The van der Waals surface area contributed by atoms with Crippen LogP contribution in [0.3, 0.4) is 0 Å². The number of aryl methyl sites for hydroxylation is 2. The molecular formula is C16H25N5O2. The number of aliphatic hydroxyl groups excluding tert-OH is 1. The van der Waals surface area contributed by atoms with Gasteiger partial charge >= 0.3 is 0 Å². The maximum atomic E-state index is 12.0. The Bertz CT molecular complexity index is 678. The number of aromatic nitrogens is 4. The van der Waals surface area contributed by atoms with Gasteiger partial charge in [-0.2, -0.15) is 4.98 Å². The van der Waals surface area contributed by atoms with Crippen molar-refractivity contribution in [3.63, 3.8) is 0 Å². The molecule has 0 saturated carbocycles. The van der Waals surface area contributed by atoms with Crippen LogP contribution in [0, 0.1) is 19.8 Å². The van der Waals surface area contributed by atoms with Crippen molar-refractivity contribution in [2.24, 2.45) is 5.92 Å². The van der Waals surface area contributed by atoms with E-state index in [0.29, 0.717) is 11.6 Å². The summed E-state index contributed by atoms with van der Waals surface area (Å²) < 4.78 is 1.63. The van der Waals surface area contributed by atoms with E-state index in [4.69, 9.17) is 0 Å². The summed E-state index contributed by atoms with van der Waals surface area (Å²) in [4.78, 5) is 20.6. The summed E-state index contributed by atoms with van der Waals surface area (Å²) in [5.41, 5.74) is 1.79. The lowest BCUT2D eigenvalue weighted by Crippen LogP contribution is -2.36. The lowest BCUT2D eigenvalue weighted by Gasteiger charge is -2.20. The number of amides is 1. The molecule has 0 saturated heterocycles. The second kappa shape index (κ2) is 7.50. The Kier molecular flexibility index (Phi) is 5.65. The molecule has 2 rings (SSSR count). The molecule has 1 atom stereocenters. The van der Waals surface area contributed by atoms with Gasteiger partial charge in [0.1, 0.15) is 0 Å². The molecule has 0 aliphatic heterocycles. The van der Waals surface area contributed by atoms with E-state index in [2.05, 4.69) is 20.4 Å². The fourth-order valence-corrected chi connectivity index (χ4v) is 2.71. The van der Waals surface area contributed by atoms with Crippen molar-refractivity contribution in [3.8, 4) is 0 Å². The van der Waals surface area contributed by atoms with Crippen molar-refractivity contribution in [2.45, 2.75) is 53.1 Å². The van der Waals surface area contributed by atoms with Gasteiger partial charge < -0.3 is 10.4 Å². The summed E-state index contributed by atoms with van der Waals surface area (Å²) in [7, 11) is 0. The normalized spacial score (nSPS) is 12.8. The minimum Gasteiger partial charge on any atom is -0.391 e. The Morgan fingerprint density at radius 1 is 1.30 bits per heavy atom. The molecule has 0 aliphatic carbocycles. The van der Waals surface area contributed by atoms with Gasteiger partial charge in [-0.05, 0) is 25.8 Å². The Balaban J connectivity index is 1.97. The molecule has 23 heavy (non-hydrogen) atoms. The number of nitrogens with one attached hydrogen (secondary N) is 1. The molecule has 0 fully saturated rings. The largest absolute Gasteiger partial charge is 0.391 e. The van der Waals surface area contributed by atoms with E-state index in [-0.39, 0.29) is 24.8 Å². The second-order valence-corrected chi connectivity index (χ2v) is 5.90. The number of hydrogen-bond donors (Lipinski definition) is 2. The van der Waals surface area contributed by atoms with Gasteiger partial charge in [-0.3, -0.25) is 4.79 Å². The lowest BCUT2D eigenvalue weighted by atomic mass is 9.96. The SMILES string of the molecule is CCC(CC)C(O)CNC(=O)Cc1nc2nc(C)cc(C)n2n1. The zero-order valence-corrected chi connectivity index (χ0v) is 14.2. The Hall–Kier alpha value is -2.02. The van der Waals surface area contributed by atoms with Crippen LogP contribution in [0.5, 0.6) is 0 Å². The Morgan fingerprint density at radius 2 is 2.00 bits per heavy atom. The molecule has 1 amide bonds. The average molecular weight is 319 g/mol. The number of hydrogen-bond acceptors (Lipinski definition) is 5. The zero-order valence-electron chi connectivity index (χ0n) is 14.2. The van der Waals surface area contributed by atoms with Crippen LogP contribution < -0.4 is 5.32 Å². The fourth-order valence-electron chi connectivity index (χ4n) is 2.71. The molecule has 2 aromatic rings.